The zero-order chi connectivity index (χ0) is 8.55. The molecule has 0 spiro atoms. The van der Waals surface area contributed by atoms with E-state index in [9.17, 15) is 0 Å². The van der Waals surface area contributed by atoms with Gasteiger partial charge in [-0.1, -0.05) is 0 Å². The lowest BCUT2D eigenvalue weighted by Gasteiger charge is -1.95. The van der Waals surface area contributed by atoms with Crippen LogP contribution in [0.1, 0.15) is 0 Å². The Morgan fingerprint density at radius 2 is 2.42 bits per heavy atom. The van der Waals surface area contributed by atoms with Gasteiger partial charge in [-0.15, -0.1) is 0 Å². The minimum atomic E-state index is 0.588. The molecule has 0 saturated carbocycles. The quantitative estimate of drug-likeness (QED) is 0.808. The van der Waals surface area contributed by atoms with Crippen LogP contribution in [0.5, 0.6) is 5.88 Å². The van der Waals surface area contributed by atoms with Crippen molar-refractivity contribution >= 4 is 26.8 Å². The number of ether oxygens (including phenoxy) is 1. The van der Waals surface area contributed by atoms with Gasteiger partial charge in [0.05, 0.1) is 13.3 Å². The SMILES string of the molecule is COc1cc2c(Br)[nH]nc2cn1. The summed E-state index contributed by atoms with van der Waals surface area (Å²) in [4.78, 5) is 4.01. The fourth-order valence-electron chi connectivity index (χ4n) is 0.975. The second-order valence-electron chi connectivity index (χ2n) is 2.28. The smallest absolute Gasteiger partial charge is 0.213 e. The van der Waals surface area contributed by atoms with E-state index in [1.54, 1.807) is 13.3 Å². The molecule has 2 aromatic heterocycles. The fourth-order valence-corrected chi connectivity index (χ4v) is 1.38. The van der Waals surface area contributed by atoms with Gasteiger partial charge in [0.1, 0.15) is 10.1 Å². The number of hydrogen-bond donors (Lipinski definition) is 1. The van der Waals surface area contributed by atoms with Crippen LogP contribution in [0.15, 0.2) is 16.9 Å². The third-order valence-electron chi connectivity index (χ3n) is 1.58. The van der Waals surface area contributed by atoms with E-state index in [1.165, 1.54) is 0 Å². The van der Waals surface area contributed by atoms with E-state index in [0.717, 1.165) is 15.5 Å². The van der Waals surface area contributed by atoms with E-state index >= 15 is 0 Å². The molecule has 12 heavy (non-hydrogen) atoms. The molecule has 5 heteroatoms. The average molecular weight is 228 g/mol. The standard InChI is InChI=1S/C7H6BrN3O/c1-12-6-2-4-5(3-9-6)10-11-7(4)8/h2-3H,1H3,(H,10,11). The topological polar surface area (TPSA) is 50.8 Å². The van der Waals surface area contributed by atoms with E-state index in [2.05, 4.69) is 31.1 Å². The van der Waals surface area contributed by atoms with Gasteiger partial charge in [0.2, 0.25) is 5.88 Å². The number of nitrogens with zero attached hydrogens (tertiary/aromatic N) is 2. The Morgan fingerprint density at radius 1 is 1.58 bits per heavy atom. The predicted molar refractivity (Wildman–Crippen MR) is 48.1 cm³/mol. The molecule has 0 aliphatic heterocycles. The first-order valence-electron chi connectivity index (χ1n) is 3.35. The second-order valence-corrected chi connectivity index (χ2v) is 3.07. The maximum absolute atomic E-state index is 4.97. The maximum Gasteiger partial charge on any atom is 0.213 e. The van der Waals surface area contributed by atoms with Crippen LogP contribution in [0.3, 0.4) is 0 Å². The molecule has 1 N–H and O–H groups in total. The van der Waals surface area contributed by atoms with Crippen LogP contribution in [0.25, 0.3) is 10.9 Å². The maximum atomic E-state index is 4.97. The molecule has 2 heterocycles. The minimum absolute atomic E-state index is 0.588. The number of halogens is 1. The zero-order valence-corrected chi connectivity index (χ0v) is 7.92. The summed E-state index contributed by atoms with van der Waals surface area (Å²) >= 11 is 3.33. The number of hydrogen-bond acceptors (Lipinski definition) is 3. The number of pyridine rings is 1. The van der Waals surface area contributed by atoms with Gasteiger partial charge in [0, 0.05) is 11.5 Å². The largest absolute Gasteiger partial charge is 0.481 e. The molecule has 0 amide bonds. The van der Waals surface area contributed by atoms with Crippen molar-refractivity contribution in [3.05, 3.63) is 16.9 Å². The van der Waals surface area contributed by atoms with Gasteiger partial charge in [-0.25, -0.2) is 4.98 Å². The lowest BCUT2D eigenvalue weighted by Crippen LogP contribution is -1.85. The van der Waals surface area contributed by atoms with Crippen LogP contribution in [-0.2, 0) is 0 Å². The second kappa shape index (κ2) is 2.75. The van der Waals surface area contributed by atoms with E-state index in [1.807, 2.05) is 6.07 Å². The molecule has 0 aromatic carbocycles. The summed E-state index contributed by atoms with van der Waals surface area (Å²) in [7, 11) is 1.59. The lowest BCUT2D eigenvalue weighted by atomic mass is 10.3. The monoisotopic (exact) mass is 227 g/mol. The number of nitrogens with one attached hydrogen (secondary N) is 1. The average Bonchev–Trinajstić information content (AvgIpc) is 2.47. The summed E-state index contributed by atoms with van der Waals surface area (Å²) < 4.78 is 5.82. The molecule has 0 unspecified atom stereocenters. The number of rotatable bonds is 1. The van der Waals surface area contributed by atoms with Crippen molar-refractivity contribution in [2.24, 2.45) is 0 Å². The third kappa shape index (κ3) is 1.06. The first-order chi connectivity index (χ1) is 5.81. The molecule has 62 valence electrons. The highest BCUT2D eigenvalue weighted by atomic mass is 79.9. The minimum Gasteiger partial charge on any atom is -0.481 e. The highest BCUT2D eigenvalue weighted by molar-refractivity contribution is 9.10. The molecular formula is C7H6BrN3O. The van der Waals surface area contributed by atoms with Crippen molar-refractivity contribution in [2.45, 2.75) is 0 Å². The van der Waals surface area contributed by atoms with E-state index < -0.39 is 0 Å². The van der Waals surface area contributed by atoms with Crippen LogP contribution in [0, 0.1) is 0 Å². The summed E-state index contributed by atoms with van der Waals surface area (Å²) in [5, 5.41) is 7.78. The van der Waals surface area contributed by atoms with Crippen molar-refractivity contribution < 1.29 is 4.74 Å². The van der Waals surface area contributed by atoms with Crippen molar-refractivity contribution in [2.75, 3.05) is 7.11 Å². The normalized spacial score (nSPS) is 10.5. The Kier molecular flexibility index (Phi) is 1.73. The Bertz CT molecular complexity index is 412. The number of H-pyrrole nitrogens is 1. The molecule has 2 rings (SSSR count). The zero-order valence-electron chi connectivity index (χ0n) is 6.34. The van der Waals surface area contributed by atoms with E-state index in [0.29, 0.717) is 5.88 Å². The fraction of sp³-hybridized carbons (Fsp3) is 0.143. The first-order valence-corrected chi connectivity index (χ1v) is 4.14. The number of fused-ring (bicyclic) bond motifs is 1. The Morgan fingerprint density at radius 3 is 3.17 bits per heavy atom. The number of aromatic nitrogens is 3. The lowest BCUT2D eigenvalue weighted by molar-refractivity contribution is 0.398. The van der Waals surface area contributed by atoms with Crippen LogP contribution in [-0.4, -0.2) is 22.3 Å². The van der Waals surface area contributed by atoms with Gasteiger partial charge in [-0.3, -0.25) is 5.10 Å². The summed E-state index contributed by atoms with van der Waals surface area (Å²) in [5.41, 5.74) is 0.822. The molecule has 0 aliphatic rings. The van der Waals surface area contributed by atoms with E-state index in [-0.39, 0.29) is 0 Å². The summed E-state index contributed by atoms with van der Waals surface area (Å²) in [6.45, 7) is 0. The summed E-state index contributed by atoms with van der Waals surface area (Å²) in [6, 6.07) is 1.82. The van der Waals surface area contributed by atoms with Gasteiger partial charge in [-0.2, -0.15) is 5.10 Å². The molecule has 0 bridgehead atoms. The van der Waals surface area contributed by atoms with Gasteiger partial charge in [-0.05, 0) is 15.9 Å². The van der Waals surface area contributed by atoms with Crippen molar-refractivity contribution in [1.82, 2.24) is 15.2 Å². The Hall–Kier alpha value is -1.10. The van der Waals surface area contributed by atoms with E-state index in [4.69, 9.17) is 4.74 Å². The molecule has 2 aromatic rings. The molecule has 0 fully saturated rings. The highest BCUT2D eigenvalue weighted by Crippen LogP contribution is 2.22. The summed E-state index contributed by atoms with van der Waals surface area (Å²) in [6.07, 6.45) is 1.66. The van der Waals surface area contributed by atoms with Crippen LogP contribution < -0.4 is 4.74 Å². The number of methoxy groups -OCH3 is 1. The molecule has 0 aliphatic carbocycles. The van der Waals surface area contributed by atoms with Crippen molar-refractivity contribution in [3.63, 3.8) is 0 Å². The first kappa shape index (κ1) is 7.54. The van der Waals surface area contributed by atoms with Gasteiger partial charge in [0.25, 0.3) is 0 Å². The Balaban J connectivity index is 2.71. The molecule has 0 radical (unpaired) electrons. The predicted octanol–water partition coefficient (Wildman–Crippen LogP) is 1.73. The third-order valence-corrected chi connectivity index (χ3v) is 2.18. The Labute approximate surface area is 77.1 Å². The molecule has 0 saturated heterocycles. The highest BCUT2D eigenvalue weighted by Gasteiger charge is 2.03. The van der Waals surface area contributed by atoms with Crippen LogP contribution in [0.4, 0.5) is 0 Å². The molecular weight excluding hydrogens is 222 g/mol. The van der Waals surface area contributed by atoms with Crippen molar-refractivity contribution in [1.29, 1.82) is 0 Å². The molecule has 0 atom stereocenters. The summed E-state index contributed by atoms with van der Waals surface area (Å²) in [5.74, 6) is 0.588. The molecule has 4 nitrogen and oxygen atoms in total. The number of aromatic amines is 1. The van der Waals surface area contributed by atoms with Crippen LogP contribution >= 0.6 is 15.9 Å². The van der Waals surface area contributed by atoms with Crippen LogP contribution in [0.2, 0.25) is 0 Å². The van der Waals surface area contributed by atoms with Gasteiger partial charge in [0.15, 0.2) is 0 Å². The van der Waals surface area contributed by atoms with Gasteiger partial charge < -0.3 is 4.74 Å². The van der Waals surface area contributed by atoms with Gasteiger partial charge >= 0.3 is 0 Å². The van der Waals surface area contributed by atoms with Crippen molar-refractivity contribution in [3.8, 4) is 5.88 Å².